The summed E-state index contributed by atoms with van der Waals surface area (Å²) in [6.07, 6.45) is -0.391. The monoisotopic (exact) mass is 423 g/mol. The smallest absolute Gasteiger partial charge is 0.249 e. The maximum Gasteiger partial charge on any atom is 0.249 e. The number of aryl methyl sites for hydroxylation is 1. The number of aromatic amines is 1. The van der Waals surface area contributed by atoms with Gasteiger partial charge in [-0.05, 0) is 6.92 Å². The molecule has 3 fully saturated rings. The van der Waals surface area contributed by atoms with E-state index in [0.717, 1.165) is 26.3 Å². The van der Waals surface area contributed by atoms with Crippen LogP contribution >= 0.6 is 0 Å². The molecule has 0 unspecified atom stereocenters. The number of rotatable bonds is 5. The van der Waals surface area contributed by atoms with E-state index in [1.165, 1.54) is 0 Å². The number of ether oxygens (including phenoxy) is 1. The van der Waals surface area contributed by atoms with Crippen molar-refractivity contribution in [1.29, 1.82) is 0 Å². The summed E-state index contributed by atoms with van der Waals surface area (Å²) in [4.78, 5) is 12.7. The normalized spacial score (nSPS) is 22.6. The summed E-state index contributed by atoms with van der Waals surface area (Å²) in [5, 5.41) is 9.70. The third kappa shape index (κ3) is 3.71. The molecule has 2 saturated heterocycles. The highest BCUT2D eigenvalue weighted by Gasteiger charge is 2.46. The standard InChI is InChI=1S/C19H24F3N7O/c1-11-23-17(25-15-6-14(26-27-15)12-7-19(21,22)8-12)16(20)18(24-11)29-9-13(10-29)28-2-4-30-5-3-28/h6,12-13H,2-5,7-10H2,1H3,(H2,23,24,25,26,27). The first-order valence-corrected chi connectivity index (χ1v) is 10.2. The van der Waals surface area contributed by atoms with Crippen LogP contribution < -0.4 is 10.2 Å². The van der Waals surface area contributed by atoms with Gasteiger partial charge in [0.15, 0.2) is 17.5 Å². The third-order valence-corrected chi connectivity index (χ3v) is 6.04. The fourth-order valence-corrected chi connectivity index (χ4v) is 4.25. The molecule has 0 amide bonds. The van der Waals surface area contributed by atoms with E-state index in [9.17, 15) is 8.78 Å². The Labute approximate surface area is 171 Å². The molecule has 162 valence electrons. The summed E-state index contributed by atoms with van der Waals surface area (Å²) in [6.45, 7) is 6.37. The zero-order chi connectivity index (χ0) is 20.9. The zero-order valence-corrected chi connectivity index (χ0v) is 16.7. The maximum atomic E-state index is 15.1. The van der Waals surface area contributed by atoms with Crippen LogP contribution in [0.15, 0.2) is 6.07 Å². The fraction of sp³-hybridized carbons (Fsp3) is 0.632. The highest BCUT2D eigenvalue weighted by atomic mass is 19.3. The van der Waals surface area contributed by atoms with E-state index in [1.54, 1.807) is 13.0 Å². The summed E-state index contributed by atoms with van der Waals surface area (Å²) >= 11 is 0. The van der Waals surface area contributed by atoms with Gasteiger partial charge in [0.25, 0.3) is 0 Å². The SMILES string of the molecule is Cc1nc(Nc2cc(C3CC(F)(F)C3)[nH]n2)c(F)c(N2CC(N3CCOCC3)C2)n1. The minimum atomic E-state index is -2.61. The molecule has 2 aromatic rings. The average Bonchev–Trinajstić information content (AvgIpc) is 3.11. The van der Waals surface area contributed by atoms with E-state index in [4.69, 9.17) is 4.74 Å². The van der Waals surface area contributed by atoms with Crippen molar-refractivity contribution in [3.8, 4) is 0 Å². The highest BCUT2D eigenvalue weighted by molar-refractivity contribution is 5.59. The lowest BCUT2D eigenvalue weighted by Crippen LogP contribution is -2.62. The molecule has 0 radical (unpaired) electrons. The molecule has 5 rings (SSSR count). The van der Waals surface area contributed by atoms with E-state index >= 15 is 4.39 Å². The number of alkyl halides is 2. The number of nitrogens with zero attached hydrogens (tertiary/aromatic N) is 5. The summed E-state index contributed by atoms with van der Waals surface area (Å²) in [6, 6.07) is 2.00. The first-order valence-electron chi connectivity index (χ1n) is 10.2. The van der Waals surface area contributed by atoms with Gasteiger partial charge in [0, 0.05) is 62.7 Å². The lowest BCUT2D eigenvalue weighted by molar-refractivity contribution is -0.0876. The summed E-state index contributed by atoms with van der Waals surface area (Å²) in [5.41, 5.74) is 0.617. The zero-order valence-electron chi connectivity index (χ0n) is 16.7. The van der Waals surface area contributed by atoms with Crippen LogP contribution in [0, 0.1) is 12.7 Å². The molecule has 2 aliphatic heterocycles. The number of halogens is 3. The fourth-order valence-electron chi connectivity index (χ4n) is 4.25. The molecule has 1 saturated carbocycles. The number of hydrogen-bond acceptors (Lipinski definition) is 7. The van der Waals surface area contributed by atoms with E-state index in [0.29, 0.717) is 36.5 Å². The van der Waals surface area contributed by atoms with Crippen LogP contribution in [-0.4, -0.2) is 76.4 Å². The topological polar surface area (TPSA) is 82.2 Å². The Bertz CT molecular complexity index is 917. The first kappa shape index (κ1) is 19.6. The Hall–Kier alpha value is -2.40. The predicted octanol–water partition coefficient (Wildman–Crippen LogP) is 2.42. The lowest BCUT2D eigenvalue weighted by Gasteiger charge is -2.47. The van der Waals surface area contributed by atoms with Crippen LogP contribution in [0.25, 0.3) is 0 Å². The van der Waals surface area contributed by atoms with E-state index < -0.39 is 11.7 Å². The minimum absolute atomic E-state index is 0.0318. The minimum Gasteiger partial charge on any atom is -0.379 e. The van der Waals surface area contributed by atoms with Crippen LogP contribution in [0.1, 0.15) is 30.3 Å². The van der Waals surface area contributed by atoms with Gasteiger partial charge in [0.2, 0.25) is 11.7 Å². The Balaban J connectivity index is 1.27. The Morgan fingerprint density at radius 1 is 1.20 bits per heavy atom. The quantitative estimate of drug-likeness (QED) is 0.764. The van der Waals surface area contributed by atoms with Crippen molar-refractivity contribution in [2.45, 2.75) is 37.6 Å². The van der Waals surface area contributed by atoms with Crippen LogP contribution in [0.2, 0.25) is 0 Å². The van der Waals surface area contributed by atoms with Gasteiger partial charge >= 0.3 is 0 Å². The summed E-state index contributed by atoms with van der Waals surface area (Å²) in [7, 11) is 0. The van der Waals surface area contributed by atoms with Crippen molar-refractivity contribution in [3.05, 3.63) is 23.4 Å². The van der Waals surface area contributed by atoms with Crippen LogP contribution in [-0.2, 0) is 4.74 Å². The molecule has 30 heavy (non-hydrogen) atoms. The molecule has 2 aromatic heterocycles. The molecule has 3 aliphatic rings. The van der Waals surface area contributed by atoms with Gasteiger partial charge in [0.05, 0.1) is 13.2 Å². The van der Waals surface area contributed by atoms with Crippen molar-refractivity contribution < 1.29 is 17.9 Å². The van der Waals surface area contributed by atoms with Crippen molar-refractivity contribution in [3.63, 3.8) is 0 Å². The molecule has 0 spiro atoms. The Morgan fingerprint density at radius 3 is 2.63 bits per heavy atom. The van der Waals surface area contributed by atoms with Gasteiger partial charge in [-0.25, -0.2) is 18.7 Å². The molecular formula is C19H24F3N7O. The molecule has 8 nitrogen and oxygen atoms in total. The van der Waals surface area contributed by atoms with Gasteiger partial charge in [0.1, 0.15) is 5.82 Å². The summed E-state index contributed by atoms with van der Waals surface area (Å²) < 4.78 is 46.7. The second kappa shape index (κ2) is 7.38. The Kier molecular flexibility index (Phi) is 4.81. The number of morpholine rings is 1. The van der Waals surface area contributed by atoms with Crippen LogP contribution in [0.5, 0.6) is 0 Å². The van der Waals surface area contributed by atoms with Crippen LogP contribution in [0.3, 0.4) is 0 Å². The first-order chi connectivity index (χ1) is 14.4. The van der Waals surface area contributed by atoms with Crippen LogP contribution in [0.4, 0.5) is 30.6 Å². The molecular weight excluding hydrogens is 399 g/mol. The average molecular weight is 423 g/mol. The summed E-state index contributed by atoms with van der Waals surface area (Å²) in [5.74, 6) is -2.32. The molecule has 2 N–H and O–H groups in total. The van der Waals surface area contributed by atoms with Gasteiger partial charge in [-0.2, -0.15) is 9.49 Å². The largest absolute Gasteiger partial charge is 0.379 e. The van der Waals surface area contributed by atoms with E-state index in [2.05, 4.69) is 30.4 Å². The molecule has 1 aliphatic carbocycles. The van der Waals surface area contributed by atoms with E-state index in [-0.39, 0.29) is 30.4 Å². The molecule has 11 heteroatoms. The molecule has 4 heterocycles. The second-order valence-electron chi connectivity index (χ2n) is 8.26. The van der Waals surface area contributed by atoms with Gasteiger partial charge in [-0.3, -0.25) is 10.00 Å². The number of anilines is 3. The maximum absolute atomic E-state index is 15.1. The Morgan fingerprint density at radius 2 is 1.93 bits per heavy atom. The predicted molar refractivity (Wildman–Crippen MR) is 104 cm³/mol. The van der Waals surface area contributed by atoms with Gasteiger partial charge in [-0.1, -0.05) is 0 Å². The highest BCUT2D eigenvalue weighted by Crippen LogP contribution is 2.48. The molecule has 0 aromatic carbocycles. The molecule has 0 atom stereocenters. The number of aromatic nitrogens is 4. The van der Waals surface area contributed by atoms with Crippen molar-refractivity contribution in [1.82, 2.24) is 25.1 Å². The van der Waals surface area contributed by atoms with E-state index in [1.807, 2.05) is 4.90 Å². The number of H-pyrrole nitrogens is 1. The second-order valence-corrected chi connectivity index (χ2v) is 8.26. The van der Waals surface area contributed by atoms with Gasteiger partial charge in [-0.15, -0.1) is 0 Å². The lowest BCUT2D eigenvalue weighted by atomic mass is 9.79. The van der Waals surface area contributed by atoms with Gasteiger partial charge < -0.3 is 15.0 Å². The van der Waals surface area contributed by atoms with Crippen molar-refractivity contribution >= 4 is 17.5 Å². The molecule has 0 bridgehead atoms. The third-order valence-electron chi connectivity index (χ3n) is 6.04. The number of hydrogen-bond donors (Lipinski definition) is 2. The number of nitrogens with one attached hydrogen (secondary N) is 2. The van der Waals surface area contributed by atoms with Crippen molar-refractivity contribution in [2.24, 2.45) is 0 Å². The van der Waals surface area contributed by atoms with Crippen molar-refractivity contribution in [2.75, 3.05) is 49.6 Å².